The number of hydrogen-bond acceptors (Lipinski definition) is 2. The summed E-state index contributed by atoms with van der Waals surface area (Å²) in [4.78, 5) is 10.8. The number of esters is 1. The molecule has 0 aromatic heterocycles. The zero-order chi connectivity index (χ0) is 9.40. The van der Waals surface area contributed by atoms with Crippen molar-refractivity contribution >= 4 is 5.97 Å². The summed E-state index contributed by atoms with van der Waals surface area (Å²) in [7, 11) is 0. The van der Waals surface area contributed by atoms with E-state index < -0.39 is 0 Å². The maximum Gasteiger partial charge on any atom is 0.333 e. The van der Waals surface area contributed by atoms with E-state index >= 15 is 0 Å². The molecule has 0 N–H and O–H groups in total. The quantitative estimate of drug-likeness (QED) is 0.358. The third-order valence-corrected chi connectivity index (χ3v) is 1.28. The van der Waals surface area contributed by atoms with Crippen LogP contribution < -0.4 is 0 Å². The molecule has 2 nitrogen and oxygen atoms in total. The van der Waals surface area contributed by atoms with Crippen molar-refractivity contribution in [3.63, 3.8) is 0 Å². The summed E-state index contributed by atoms with van der Waals surface area (Å²) >= 11 is 0. The fourth-order valence-corrected chi connectivity index (χ4v) is 0.600. The van der Waals surface area contributed by atoms with Crippen molar-refractivity contribution in [3.05, 3.63) is 24.3 Å². The van der Waals surface area contributed by atoms with Crippen LogP contribution in [0.2, 0.25) is 0 Å². The topological polar surface area (TPSA) is 26.3 Å². The lowest BCUT2D eigenvalue weighted by molar-refractivity contribution is -0.137. The van der Waals surface area contributed by atoms with Gasteiger partial charge in [0, 0.05) is 5.57 Å². The van der Waals surface area contributed by atoms with Gasteiger partial charge in [-0.1, -0.05) is 32.1 Å². The van der Waals surface area contributed by atoms with Gasteiger partial charge in [-0.3, -0.25) is 0 Å². The van der Waals surface area contributed by atoms with Crippen LogP contribution in [0.1, 0.15) is 26.7 Å². The highest BCUT2D eigenvalue weighted by molar-refractivity contribution is 5.86. The molecule has 12 heavy (non-hydrogen) atoms. The average Bonchev–Trinajstić information content (AvgIpc) is 2.03. The highest BCUT2D eigenvalue weighted by Gasteiger charge is 1.99. The van der Waals surface area contributed by atoms with E-state index in [1.165, 1.54) is 0 Å². The predicted octanol–water partition coefficient (Wildman–Crippen LogP) is 2.46. The minimum absolute atomic E-state index is 0.323. The molecular weight excluding hydrogens is 152 g/mol. The van der Waals surface area contributed by atoms with E-state index in [2.05, 4.69) is 13.5 Å². The number of ether oxygens (including phenoxy) is 1. The second kappa shape index (κ2) is 6.65. The molecular formula is C10H16O2. The van der Waals surface area contributed by atoms with Crippen molar-refractivity contribution in [2.45, 2.75) is 26.7 Å². The van der Waals surface area contributed by atoms with Crippen LogP contribution in [0, 0.1) is 0 Å². The van der Waals surface area contributed by atoms with Crippen molar-refractivity contribution in [3.8, 4) is 0 Å². The van der Waals surface area contributed by atoms with E-state index in [4.69, 9.17) is 4.74 Å². The van der Waals surface area contributed by atoms with Gasteiger partial charge in [-0.05, 0) is 13.3 Å². The monoisotopic (exact) mass is 168 g/mol. The van der Waals surface area contributed by atoms with Crippen LogP contribution in [0.4, 0.5) is 0 Å². The van der Waals surface area contributed by atoms with Gasteiger partial charge in [0.05, 0.1) is 0 Å². The molecule has 0 saturated carbocycles. The lowest BCUT2D eigenvalue weighted by Gasteiger charge is -1.98. The molecule has 0 saturated heterocycles. The smallest absolute Gasteiger partial charge is 0.333 e. The molecule has 0 spiro atoms. The summed E-state index contributed by atoms with van der Waals surface area (Å²) in [5, 5.41) is 0. The second-order valence-electron chi connectivity index (χ2n) is 2.64. The van der Waals surface area contributed by atoms with Gasteiger partial charge in [0.1, 0.15) is 6.61 Å². The lowest BCUT2D eigenvalue weighted by atomic mass is 10.3. The molecule has 0 aliphatic carbocycles. The number of rotatable bonds is 5. The van der Waals surface area contributed by atoms with E-state index in [0.717, 1.165) is 12.8 Å². The summed E-state index contributed by atoms with van der Waals surface area (Å²) in [6, 6.07) is 0. The maximum atomic E-state index is 10.8. The molecule has 0 rings (SSSR count). The van der Waals surface area contributed by atoms with Crippen molar-refractivity contribution in [2.24, 2.45) is 0 Å². The average molecular weight is 168 g/mol. The molecule has 0 heterocycles. The third-order valence-electron chi connectivity index (χ3n) is 1.28. The summed E-state index contributed by atoms with van der Waals surface area (Å²) in [6.07, 6.45) is 6.01. The Morgan fingerprint density at radius 2 is 2.17 bits per heavy atom. The van der Waals surface area contributed by atoms with Gasteiger partial charge >= 0.3 is 5.97 Å². The van der Waals surface area contributed by atoms with Gasteiger partial charge in [-0.15, -0.1) is 0 Å². The van der Waals surface area contributed by atoms with Crippen molar-refractivity contribution < 1.29 is 9.53 Å². The Hall–Kier alpha value is -1.05. The number of carbonyl (C=O) groups is 1. The molecule has 0 aromatic rings. The van der Waals surface area contributed by atoms with Gasteiger partial charge in [0.2, 0.25) is 0 Å². The Kier molecular flexibility index (Phi) is 6.07. The van der Waals surface area contributed by atoms with Crippen molar-refractivity contribution in [1.29, 1.82) is 0 Å². The Labute approximate surface area is 73.9 Å². The van der Waals surface area contributed by atoms with Crippen LogP contribution in [-0.4, -0.2) is 12.6 Å². The van der Waals surface area contributed by atoms with Gasteiger partial charge in [-0.25, -0.2) is 4.79 Å². The third kappa shape index (κ3) is 5.71. The van der Waals surface area contributed by atoms with Crippen LogP contribution in [0.25, 0.3) is 0 Å². The normalized spacial score (nSPS) is 10.2. The van der Waals surface area contributed by atoms with E-state index in [-0.39, 0.29) is 5.97 Å². The SMILES string of the molecule is C=C(C)C(=O)OC/C=C/CCC. The van der Waals surface area contributed by atoms with E-state index in [1.807, 2.05) is 12.2 Å². The molecule has 0 unspecified atom stereocenters. The first-order valence-corrected chi connectivity index (χ1v) is 4.16. The van der Waals surface area contributed by atoms with Crippen molar-refractivity contribution in [1.82, 2.24) is 0 Å². The summed E-state index contributed by atoms with van der Waals surface area (Å²) in [5.41, 5.74) is 0.443. The van der Waals surface area contributed by atoms with Crippen molar-refractivity contribution in [2.75, 3.05) is 6.61 Å². The molecule has 0 aromatic carbocycles. The van der Waals surface area contributed by atoms with E-state index in [0.29, 0.717) is 12.2 Å². The first kappa shape index (κ1) is 11.0. The standard InChI is InChI=1S/C10H16O2/c1-4-5-6-7-8-12-10(11)9(2)3/h6-7H,2,4-5,8H2,1,3H3/b7-6+. The number of hydrogen-bond donors (Lipinski definition) is 0. The first-order valence-electron chi connectivity index (χ1n) is 4.16. The number of carbonyl (C=O) groups excluding carboxylic acids is 1. The van der Waals surface area contributed by atoms with Crippen LogP contribution in [0.5, 0.6) is 0 Å². The highest BCUT2D eigenvalue weighted by Crippen LogP contribution is 1.93. The molecule has 0 atom stereocenters. The zero-order valence-corrected chi connectivity index (χ0v) is 7.80. The second-order valence-corrected chi connectivity index (χ2v) is 2.64. The first-order chi connectivity index (χ1) is 5.68. The van der Waals surface area contributed by atoms with Crippen LogP contribution in [0.15, 0.2) is 24.3 Å². The summed E-state index contributed by atoms with van der Waals surface area (Å²) < 4.78 is 4.82. The summed E-state index contributed by atoms with van der Waals surface area (Å²) in [5.74, 6) is -0.323. The molecule has 2 heteroatoms. The Morgan fingerprint density at radius 1 is 1.50 bits per heavy atom. The fourth-order valence-electron chi connectivity index (χ4n) is 0.600. The molecule has 0 aliphatic heterocycles. The minimum atomic E-state index is -0.323. The largest absolute Gasteiger partial charge is 0.458 e. The Balaban J connectivity index is 3.43. The van der Waals surface area contributed by atoms with Gasteiger partial charge < -0.3 is 4.74 Å². The Bertz CT molecular complexity index is 180. The number of allylic oxidation sites excluding steroid dienone is 1. The maximum absolute atomic E-state index is 10.8. The van der Waals surface area contributed by atoms with Gasteiger partial charge in [0.15, 0.2) is 0 Å². The van der Waals surface area contributed by atoms with Crippen LogP contribution in [0.3, 0.4) is 0 Å². The van der Waals surface area contributed by atoms with E-state index in [9.17, 15) is 4.79 Å². The van der Waals surface area contributed by atoms with E-state index in [1.54, 1.807) is 6.92 Å². The minimum Gasteiger partial charge on any atom is -0.458 e. The molecule has 0 bridgehead atoms. The van der Waals surface area contributed by atoms with Gasteiger partial charge in [0.25, 0.3) is 0 Å². The predicted molar refractivity (Wildman–Crippen MR) is 49.8 cm³/mol. The molecule has 68 valence electrons. The molecule has 0 amide bonds. The molecule has 0 radical (unpaired) electrons. The van der Waals surface area contributed by atoms with Gasteiger partial charge in [-0.2, -0.15) is 0 Å². The number of unbranched alkanes of at least 4 members (excludes halogenated alkanes) is 1. The lowest BCUT2D eigenvalue weighted by Crippen LogP contribution is -2.04. The van der Waals surface area contributed by atoms with Crippen LogP contribution in [-0.2, 0) is 9.53 Å². The van der Waals surface area contributed by atoms with Crippen LogP contribution >= 0.6 is 0 Å². The highest BCUT2D eigenvalue weighted by atomic mass is 16.5. The molecule has 0 fully saturated rings. The summed E-state index contributed by atoms with van der Waals surface area (Å²) in [6.45, 7) is 7.56. The fraction of sp³-hybridized carbons (Fsp3) is 0.500. The zero-order valence-electron chi connectivity index (χ0n) is 7.80. The Morgan fingerprint density at radius 3 is 2.67 bits per heavy atom. The molecule has 0 aliphatic rings.